The van der Waals surface area contributed by atoms with Gasteiger partial charge < -0.3 is 0 Å². The number of aryl methyl sites for hydroxylation is 1. The van der Waals surface area contributed by atoms with Gasteiger partial charge in [0.1, 0.15) is 0 Å². The highest BCUT2D eigenvalue weighted by molar-refractivity contribution is 6.08. The molecule has 0 aromatic heterocycles. The van der Waals surface area contributed by atoms with Crippen molar-refractivity contribution in [2.45, 2.75) is 33.1 Å². The van der Waals surface area contributed by atoms with Gasteiger partial charge in [0.05, 0.1) is 5.56 Å². The van der Waals surface area contributed by atoms with Crippen molar-refractivity contribution >= 4 is 5.78 Å². The molecule has 3 heteroatoms. The maximum Gasteiger partial charge on any atom is 0.191 e. The Morgan fingerprint density at radius 3 is 2.61 bits per heavy atom. The SMILES string of the molecule is Cc1ccc(C(=O)C2=CCC(C)CC2)c(F)c1F. The highest BCUT2D eigenvalue weighted by Crippen LogP contribution is 2.27. The number of benzene rings is 1. The summed E-state index contributed by atoms with van der Waals surface area (Å²) in [5.74, 6) is -1.77. The van der Waals surface area contributed by atoms with E-state index in [0.717, 1.165) is 12.8 Å². The number of Topliss-reactive ketones (excluding diaryl/α,β-unsaturated/α-hetero) is 1. The van der Waals surface area contributed by atoms with E-state index < -0.39 is 11.6 Å². The summed E-state index contributed by atoms with van der Waals surface area (Å²) >= 11 is 0. The Morgan fingerprint density at radius 1 is 1.28 bits per heavy atom. The number of carbonyl (C=O) groups is 1. The summed E-state index contributed by atoms with van der Waals surface area (Å²) in [7, 11) is 0. The van der Waals surface area contributed by atoms with Gasteiger partial charge in [-0.15, -0.1) is 0 Å². The molecule has 0 heterocycles. The second-order valence-corrected chi connectivity index (χ2v) is 5.00. The minimum absolute atomic E-state index is 0.154. The third-order valence-electron chi connectivity index (χ3n) is 3.48. The van der Waals surface area contributed by atoms with Crippen LogP contribution in [0.3, 0.4) is 0 Å². The number of ketones is 1. The van der Waals surface area contributed by atoms with Crippen molar-refractivity contribution in [3.63, 3.8) is 0 Å². The third-order valence-corrected chi connectivity index (χ3v) is 3.48. The van der Waals surface area contributed by atoms with Crippen molar-refractivity contribution in [1.82, 2.24) is 0 Å². The van der Waals surface area contributed by atoms with Crippen molar-refractivity contribution in [3.05, 3.63) is 46.5 Å². The molecule has 96 valence electrons. The molecule has 0 N–H and O–H groups in total. The standard InChI is InChI=1S/C15H16F2O/c1-9-3-6-11(7-4-9)15(18)12-8-5-10(2)13(16)14(12)17/h5-6,8-9H,3-4,7H2,1-2H3. The molecule has 0 aliphatic heterocycles. The summed E-state index contributed by atoms with van der Waals surface area (Å²) < 4.78 is 27.2. The van der Waals surface area contributed by atoms with Gasteiger partial charge in [-0.1, -0.05) is 19.1 Å². The summed E-state index contributed by atoms with van der Waals surface area (Å²) in [6, 6.07) is 2.81. The van der Waals surface area contributed by atoms with Crippen molar-refractivity contribution in [3.8, 4) is 0 Å². The Kier molecular flexibility index (Phi) is 3.60. The zero-order chi connectivity index (χ0) is 13.3. The maximum atomic E-state index is 13.7. The number of hydrogen-bond donors (Lipinski definition) is 0. The fraction of sp³-hybridized carbons (Fsp3) is 0.400. The average molecular weight is 250 g/mol. The molecule has 0 amide bonds. The van der Waals surface area contributed by atoms with Crippen LogP contribution in [0.4, 0.5) is 8.78 Å². The Hall–Kier alpha value is -1.51. The molecule has 1 aliphatic rings. The Morgan fingerprint density at radius 2 is 2.00 bits per heavy atom. The summed E-state index contributed by atoms with van der Waals surface area (Å²) in [6.45, 7) is 3.60. The smallest absolute Gasteiger partial charge is 0.191 e. The highest BCUT2D eigenvalue weighted by atomic mass is 19.2. The fourth-order valence-corrected chi connectivity index (χ4v) is 2.17. The van der Waals surface area contributed by atoms with Crippen molar-refractivity contribution in [1.29, 1.82) is 0 Å². The van der Waals surface area contributed by atoms with Crippen LogP contribution in [0.15, 0.2) is 23.8 Å². The molecule has 1 atom stereocenters. The molecule has 2 rings (SSSR count). The van der Waals surface area contributed by atoms with Crippen LogP contribution in [0.1, 0.15) is 42.1 Å². The minimum Gasteiger partial charge on any atom is -0.289 e. The predicted molar refractivity (Wildman–Crippen MR) is 66.5 cm³/mol. The molecule has 1 aromatic rings. The molecule has 0 fully saturated rings. The van der Waals surface area contributed by atoms with E-state index >= 15 is 0 Å². The lowest BCUT2D eigenvalue weighted by Gasteiger charge is -2.17. The van der Waals surface area contributed by atoms with E-state index in [4.69, 9.17) is 0 Å². The van der Waals surface area contributed by atoms with E-state index in [0.29, 0.717) is 17.9 Å². The van der Waals surface area contributed by atoms with Gasteiger partial charge in [0.25, 0.3) is 0 Å². The first kappa shape index (κ1) is 12.9. The quantitative estimate of drug-likeness (QED) is 0.719. The van der Waals surface area contributed by atoms with E-state index in [-0.39, 0.29) is 16.9 Å². The first-order valence-corrected chi connectivity index (χ1v) is 6.19. The molecule has 0 radical (unpaired) electrons. The lowest BCUT2D eigenvalue weighted by atomic mass is 9.87. The molecule has 18 heavy (non-hydrogen) atoms. The van der Waals surface area contributed by atoms with Crippen LogP contribution in [0, 0.1) is 24.5 Å². The fourth-order valence-electron chi connectivity index (χ4n) is 2.17. The Balaban J connectivity index is 2.33. The predicted octanol–water partition coefficient (Wildman–Crippen LogP) is 4.20. The molecular formula is C15H16F2O. The summed E-state index contributed by atoms with van der Waals surface area (Å²) in [5, 5.41) is 0. The third kappa shape index (κ3) is 2.35. The minimum atomic E-state index is -1.03. The van der Waals surface area contributed by atoms with E-state index in [1.54, 1.807) is 0 Å². The van der Waals surface area contributed by atoms with Crippen LogP contribution in [-0.2, 0) is 0 Å². The number of allylic oxidation sites excluding steroid dienone is 2. The molecule has 0 saturated heterocycles. The first-order chi connectivity index (χ1) is 8.50. The van der Waals surface area contributed by atoms with Gasteiger partial charge in [-0.25, -0.2) is 8.78 Å². The number of hydrogen-bond acceptors (Lipinski definition) is 1. The van der Waals surface area contributed by atoms with Crippen molar-refractivity contribution in [2.75, 3.05) is 0 Å². The molecule has 1 aliphatic carbocycles. The molecule has 1 nitrogen and oxygen atoms in total. The van der Waals surface area contributed by atoms with Crippen LogP contribution in [0.25, 0.3) is 0 Å². The van der Waals surface area contributed by atoms with Gasteiger partial charge in [-0.2, -0.15) is 0 Å². The number of rotatable bonds is 2. The van der Waals surface area contributed by atoms with Gasteiger partial charge >= 0.3 is 0 Å². The van der Waals surface area contributed by atoms with Crippen LogP contribution >= 0.6 is 0 Å². The monoisotopic (exact) mass is 250 g/mol. The van der Waals surface area contributed by atoms with Gasteiger partial charge in [0, 0.05) is 0 Å². The van der Waals surface area contributed by atoms with Gasteiger partial charge in [-0.05, 0) is 49.3 Å². The Bertz CT molecular complexity index is 517. The molecule has 1 aromatic carbocycles. The molecular weight excluding hydrogens is 234 g/mol. The average Bonchev–Trinajstić information content (AvgIpc) is 2.36. The topological polar surface area (TPSA) is 17.1 Å². The van der Waals surface area contributed by atoms with E-state index in [1.807, 2.05) is 6.08 Å². The first-order valence-electron chi connectivity index (χ1n) is 6.19. The molecule has 0 bridgehead atoms. The van der Waals surface area contributed by atoms with Crippen LogP contribution in [-0.4, -0.2) is 5.78 Å². The Labute approximate surface area is 106 Å². The van der Waals surface area contributed by atoms with E-state index in [2.05, 4.69) is 6.92 Å². The lowest BCUT2D eigenvalue weighted by molar-refractivity contribution is 0.102. The second-order valence-electron chi connectivity index (χ2n) is 5.00. The maximum absolute atomic E-state index is 13.7. The van der Waals surface area contributed by atoms with Crippen LogP contribution in [0.5, 0.6) is 0 Å². The molecule has 1 unspecified atom stereocenters. The largest absolute Gasteiger partial charge is 0.289 e. The van der Waals surface area contributed by atoms with Crippen LogP contribution < -0.4 is 0 Å². The zero-order valence-electron chi connectivity index (χ0n) is 10.6. The van der Waals surface area contributed by atoms with E-state index in [1.165, 1.54) is 19.1 Å². The second kappa shape index (κ2) is 5.01. The van der Waals surface area contributed by atoms with Crippen molar-refractivity contribution < 1.29 is 13.6 Å². The van der Waals surface area contributed by atoms with Crippen LogP contribution in [0.2, 0.25) is 0 Å². The molecule has 0 saturated carbocycles. The summed E-state index contributed by atoms with van der Waals surface area (Å²) in [4.78, 5) is 12.1. The zero-order valence-corrected chi connectivity index (χ0v) is 10.6. The summed E-state index contributed by atoms with van der Waals surface area (Å²) in [6.07, 6.45) is 4.26. The molecule has 0 spiro atoms. The van der Waals surface area contributed by atoms with Crippen molar-refractivity contribution in [2.24, 2.45) is 5.92 Å². The normalized spacial score (nSPS) is 19.6. The van der Waals surface area contributed by atoms with Gasteiger partial charge in [-0.3, -0.25) is 4.79 Å². The van der Waals surface area contributed by atoms with Gasteiger partial charge in [0.15, 0.2) is 17.4 Å². The number of halogens is 2. The lowest BCUT2D eigenvalue weighted by Crippen LogP contribution is -2.12. The number of carbonyl (C=O) groups excluding carboxylic acids is 1. The van der Waals surface area contributed by atoms with E-state index in [9.17, 15) is 13.6 Å². The van der Waals surface area contributed by atoms with Gasteiger partial charge in [0.2, 0.25) is 0 Å². The highest BCUT2D eigenvalue weighted by Gasteiger charge is 2.22. The summed E-state index contributed by atoms with van der Waals surface area (Å²) in [5.41, 5.74) is 0.671.